The molecule has 3 heterocycles. The Labute approximate surface area is 189 Å². The lowest BCUT2D eigenvalue weighted by molar-refractivity contribution is -0.605. The van der Waals surface area contributed by atoms with E-state index in [9.17, 15) is 15.0 Å². The molecule has 0 bridgehead atoms. The Bertz CT molecular complexity index is 1350. The van der Waals surface area contributed by atoms with Gasteiger partial charge < -0.3 is 20.7 Å². The van der Waals surface area contributed by atoms with Crippen LogP contribution in [0.15, 0.2) is 42.6 Å². The molecule has 4 N–H and O–H groups in total. The van der Waals surface area contributed by atoms with Crippen molar-refractivity contribution < 1.29 is 24.3 Å². The highest BCUT2D eigenvalue weighted by Crippen LogP contribution is 2.30. The minimum Gasteiger partial charge on any atom is -0.494 e. The first-order chi connectivity index (χ1) is 15.7. The average Bonchev–Trinajstić information content (AvgIpc) is 3.26. The molecule has 11 nitrogen and oxygen atoms in total. The van der Waals surface area contributed by atoms with E-state index in [1.54, 1.807) is 51.4 Å². The number of methoxy groups -OCH3 is 1. The molecule has 0 atom stereocenters. The Morgan fingerprint density at radius 2 is 1.97 bits per heavy atom. The predicted octanol–water partition coefficient (Wildman–Crippen LogP) is 1.61. The number of carbonyl (C=O) groups is 1. The van der Waals surface area contributed by atoms with Crippen LogP contribution in [0, 0.1) is 0 Å². The SMILES string of the molecule is COc1cccc2c(-c3cn(Cc4cccc(C(C)(C)CO)[n+]4C(=O)O)nn3)nc(N)nc12. The number of nitrogens with two attached hydrogens (primary N) is 1. The molecule has 0 aliphatic rings. The van der Waals surface area contributed by atoms with Gasteiger partial charge >= 0.3 is 6.09 Å². The minimum absolute atomic E-state index is 0.0687. The van der Waals surface area contributed by atoms with Crippen molar-refractivity contribution in [1.29, 1.82) is 0 Å². The number of hydrogen-bond donors (Lipinski definition) is 3. The highest BCUT2D eigenvalue weighted by Gasteiger charge is 2.35. The number of fused-ring (bicyclic) bond motifs is 1. The topological polar surface area (TPSA) is 153 Å². The van der Waals surface area contributed by atoms with Gasteiger partial charge in [-0.25, -0.2) is 14.6 Å². The molecule has 0 spiro atoms. The zero-order chi connectivity index (χ0) is 23.8. The summed E-state index contributed by atoms with van der Waals surface area (Å²) in [7, 11) is 1.55. The third kappa shape index (κ3) is 4.05. The summed E-state index contributed by atoms with van der Waals surface area (Å²) < 4.78 is 8.06. The maximum absolute atomic E-state index is 12.1. The molecule has 0 aliphatic heterocycles. The summed E-state index contributed by atoms with van der Waals surface area (Å²) in [5.74, 6) is 0.625. The fourth-order valence-corrected chi connectivity index (χ4v) is 3.67. The fraction of sp³-hybridized carbons (Fsp3) is 0.273. The van der Waals surface area contributed by atoms with Gasteiger partial charge in [0.1, 0.15) is 29.2 Å². The van der Waals surface area contributed by atoms with Gasteiger partial charge in [0.2, 0.25) is 17.3 Å². The Kier molecular flexibility index (Phi) is 5.64. The number of carboxylic acid groups (broad SMARTS) is 1. The molecule has 4 aromatic rings. The number of aromatic nitrogens is 6. The molecule has 0 unspecified atom stereocenters. The van der Waals surface area contributed by atoms with Crippen LogP contribution >= 0.6 is 0 Å². The van der Waals surface area contributed by atoms with Gasteiger partial charge in [0.15, 0.2) is 0 Å². The Balaban J connectivity index is 1.76. The highest BCUT2D eigenvalue weighted by molar-refractivity contribution is 5.95. The van der Waals surface area contributed by atoms with Gasteiger partial charge in [-0.3, -0.25) is 0 Å². The molecule has 0 fully saturated rings. The van der Waals surface area contributed by atoms with Crippen LogP contribution in [-0.2, 0) is 12.0 Å². The molecule has 0 amide bonds. The maximum atomic E-state index is 12.1. The second-order valence-corrected chi connectivity index (χ2v) is 8.15. The van der Waals surface area contributed by atoms with Crippen LogP contribution in [0.3, 0.4) is 0 Å². The molecule has 170 valence electrons. The number of aliphatic hydroxyl groups is 1. The molecular formula is C22H24N7O4+. The number of nitrogens with zero attached hydrogens (tertiary/aromatic N) is 6. The second kappa shape index (κ2) is 8.43. The van der Waals surface area contributed by atoms with Gasteiger partial charge in [-0.05, 0) is 26.0 Å². The van der Waals surface area contributed by atoms with E-state index >= 15 is 0 Å². The number of pyridine rings is 1. The van der Waals surface area contributed by atoms with Crippen molar-refractivity contribution >= 4 is 22.9 Å². The first-order valence-electron chi connectivity index (χ1n) is 10.1. The molecule has 0 radical (unpaired) electrons. The summed E-state index contributed by atoms with van der Waals surface area (Å²) >= 11 is 0. The maximum Gasteiger partial charge on any atom is 0.600 e. The van der Waals surface area contributed by atoms with E-state index in [1.807, 2.05) is 12.1 Å². The van der Waals surface area contributed by atoms with Crippen LogP contribution in [0.5, 0.6) is 5.75 Å². The second-order valence-electron chi connectivity index (χ2n) is 8.15. The van der Waals surface area contributed by atoms with Gasteiger partial charge in [0.25, 0.3) is 0 Å². The van der Waals surface area contributed by atoms with Crippen molar-refractivity contribution in [3.05, 3.63) is 54.0 Å². The van der Waals surface area contributed by atoms with Gasteiger partial charge in [-0.2, -0.15) is 4.79 Å². The van der Waals surface area contributed by atoms with Crippen molar-refractivity contribution in [1.82, 2.24) is 25.0 Å². The normalized spacial score (nSPS) is 11.6. The fourth-order valence-electron chi connectivity index (χ4n) is 3.67. The summed E-state index contributed by atoms with van der Waals surface area (Å²) in [6.45, 7) is 3.48. The Hall–Kier alpha value is -4.12. The van der Waals surface area contributed by atoms with E-state index in [0.29, 0.717) is 39.4 Å². The smallest absolute Gasteiger partial charge is 0.494 e. The van der Waals surface area contributed by atoms with Gasteiger partial charge in [-0.1, -0.05) is 21.9 Å². The summed E-state index contributed by atoms with van der Waals surface area (Å²) in [4.78, 5) is 20.7. The number of anilines is 1. The highest BCUT2D eigenvalue weighted by atomic mass is 16.5. The number of nitrogen functional groups attached to an aromatic ring is 1. The summed E-state index contributed by atoms with van der Waals surface area (Å²) in [5, 5.41) is 28.7. The van der Waals surface area contributed by atoms with Gasteiger partial charge in [0.05, 0.1) is 25.3 Å². The van der Waals surface area contributed by atoms with Crippen molar-refractivity contribution in [3.63, 3.8) is 0 Å². The van der Waals surface area contributed by atoms with Crippen molar-refractivity contribution in [2.75, 3.05) is 19.5 Å². The van der Waals surface area contributed by atoms with Crippen molar-refractivity contribution in [3.8, 4) is 17.1 Å². The lowest BCUT2D eigenvalue weighted by Crippen LogP contribution is -2.53. The van der Waals surface area contributed by atoms with E-state index in [2.05, 4.69) is 20.3 Å². The third-order valence-electron chi connectivity index (χ3n) is 5.38. The number of benzene rings is 1. The molecule has 1 aromatic carbocycles. The molecule has 11 heteroatoms. The molecule has 4 rings (SSSR count). The van der Waals surface area contributed by atoms with E-state index in [-0.39, 0.29) is 19.1 Å². The number of aliphatic hydroxyl groups excluding tert-OH is 1. The lowest BCUT2D eigenvalue weighted by Gasteiger charge is -2.19. The van der Waals surface area contributed by atoms with Crippen LogP contribution in [0.2, 0.25) is 0 Å². The summed E-state index contributed by atoms with van der Waals surface area (Å²) in [6, 6.07) is 10.6. The van der Waals surface area contributed by atoms with Crippen LogP contribution < -0.4 is 15.0 Å². The van der Waals surface area contributed by atoms with Crippen molar-refractivity contribution in [2.24, 2.45) is 0 Å². The monoisotopic (exact) mass is 450 g/mol. The van der Waals surface area contributed by atoms with E-state index in [1.165, 1.54) is 9.25 Å². The zero-order valence-electron chi connectivity index (χ0n) is 18.4. The van der Waals surface area contributed by atoms with Gasteiger partial charge in [-0.15, -0.1) is 5.10 Å². The Morgan fingerprint density at radius 3 is 2.67 bits per heavy atom. The summed E-state index contributed by atoms with van der Waals surface area (Å²) in [6.07, 6.45) is 0.514. The third-order valence-corrected chi connectivity index (χ3v) is 5.38. The van der Waals surface area contributed by atoms with Crippen LogP contribution in [0.25, 0.3) is 22.3 Å². The predicted molar refractivity (Wildman–Crippen MR) is 119 cm³/mol. The molecular weight excluding hydrogens is 426 g/mol. The zero-order valence-corrected chi connectivity index (χ0v) is 18.4. The van der Waals surface area contributed by atoms with Crippen LogP contribution in [0.1, 0.15) is 25.2 Å². The molecule has 0 aliphatic carbocycles. The van der Waals surface area contributed by atoms with Crippen LogP contribution in [-0.4, -0.2) is 55.0 Å². The summed E-state index contributed by atoms with van der Waals surface area (Å²) in [5.41, 5.74) is 7.60. The average molecular weight is 450 g/mol. The van der Waals surface area contributed by atoms with E-state index in [4.69, 9.17) is 10.5 Å². The number of para-hydroxylation sites is 1. The first-order valence-corrected chi connectivity index (χ1v) is 10.1. The Morgan fingerprint density at radius 1 is 1.21 bits per heavy atom. The molecule has 0 saturated heterocycles. The standard InChI is InChI=1S/C22H23N7O4/c1-22(2,12-30)17-9-4-6-13(29(17)21(31)32)10-28-11-15(26-27-28)18-14-7-5-8-16(33-3)19(14)25-20(23)24-18/h4-9,11,30H,10,12H2,1-3H3,(H2-,23,24,25,31,32)/p+1. The molecule has 0 saturated carbocycles. The van der Waals surface area contributed by atoms with E-state index < -0.39 is 11.5 Å². The quantitative estimate of drug-likeness (QED) is 0.372. The molecule has 33 heavy (non-hydrogen) atoms. The van der Waals surface area contributed by atoms with Crippen molar-refractivity contribution in [2.45, 2.75) is 25.8 Å². The number of hydrogen-bond acceptors (Lipinski definition) is 8. The largest absolute Gasteiger partial charge is 0.600 e. The number of ether oxygens (including phenoxy) is 1. The lowest BCUT2D eigenvalue weighted by atomic mass is 9.89. The van der Waals surface area contributed by atoms with E-state index in [0.717, 1.165) is 0 Å². The minimum atomic E-state index is -1.15. The van der Waals surface area contributed by atoms with Gasteiger partial charge in [0, 0.05) is 17.5 Å². The van der Waals surface area contributed by atoms with Crippen LogP contribution in [0.4, 0.5) is 10.7 Å². The first kappa shape index (κ1) is 22.1. The molecule has 3 aromatic heterocycles. The number of rotatable bonds is 6.